The third kappa shape index (κ3) is 4.21. The van der Waals surface area contributed by atoms with Gasteiger partial charge in [-0.15, -0.1) is 0 Å². The number of anilines is 2. The molecule has 0 amide bonds. The molecule has 4 rings (SSSR count). The Hall–Kier alpha value is -2.86. The second-order valence-electron chi connectivity index (χ2n) is 6.54. The SMILES string of the molecule is c1ccc(CN2CCC[C@H](c3ccnc(Nc4ccccn4)n3)C2)nc1. The first-order valence-corrected chi connectivity index (χ1v) is 9.00. The largest absolute Gasteiger partial charge is 0.309 e. The number of hydrogen-bond donors (Lipinski definition) is 1. The molecule has 6 nitrogen and oxygen atoms in total. The monoisotopic (exact) mass is 346 g/mol. The third-order valence-corrected chi connectivity index (χ3v) is 4.62. The molecule has 0 radical (unpaired) electrons. The predicted octanol–water partition coefficient (Wildman–Crippen LogP) is 3.39. The molecule has 0 saturated carbocycles. The molecule has 1 fully saturated rings. The fourth-order valence-corrected chi connectivity index (χ4v) is 3.37. The van der Waals surface area contributed by atoms with Crippen LogP contribution in [0.15, 0.2) is 61.1 Å². The van der Waals surface area contributed by atoms with Crippen LogP contribution in [0.25, 0.3) is 0 Å². The van der Waals surface area contributed by atoms with E-state index in [-0.39, 0.29) is 0 Å². The molecule has 3 aromatic rings. The van der Waals surface area contributed by atoms with E-state index in [9.17, 15) is 0 Å². The van der Waals surface area contributed by atoms with E-state index in [2.05, 4.69) is 31.2 Å². The van der Waals surface area contributed by atoms with Gasteiger partial charge in [-0.05, 0) is 49.7 Å². The number of nitrogens with one attached hydrogen (secondary N) is 1. The number of aromatic nitrogens is 4. The molecule has 1 aliphatic rings. The second kappa shape index (κ2) is 8.01. The number of pyridine rings is 2. The first-order valence-electron chi connectivity index (χ1n) is 9.00. The number of hydrogen-bond acceptors (Lipinski definition) is 6. The normalized spacial score (nSPS) is 17.8. The Kier molecular flexibility index (Phi) is 5.12. The lowest BCUT2D eigenvalue weighted by atomic mass is 9.94. The molecule has 3 aromatic heterocycles. The molecule has 1 N–H and O–H groups in total. The minimum atomic E-state index is 0.416. The van der Waals surface area contributed by atoms with Gasteiger partial charge < -0.3 is 5.32 Å². The molecule has 1 saturated heterocycles. The van der Waals surface area contributed by atoms with Crippen molar-refractivity contribution in [3.8, 4) is 0 Å². The lowest BCUT2D eigenvalue weighted by molar-refractivity contribution is 0.196. The van der Waals surface area contributed by atoms with Crippen molar-refractivity contribution >= 4 is 11.8 Å². The Bertz CT molecular complexity index is 824. The van der Waals surface area contributed by atoms with Crippen molar-refractivity contribution in [3.05, 3.63) is 72.4 Å². The lowest BCUT2D eigenvalue weighted by Gasteiger charge is -2.32. The highest BCUT2D eigenvalue weighted by molar-refractivity contribution is 5.46. The van der Waals surface area contributed by atoms with Crippen LogP contribution in [0.1, 0.15) is 30.1 Å². The highest BCUT2D eigenvalue weighted by atomic mass is 15.2. The summed E-state index contributed by atoms with van der Waals surface area (Å²) in [6.07, 6.45) is 7.76. The van der Waals surface area contributed by atoms with E-state index in [0.29, 0.717) is 11.9 Å². The van der Waals surface area contributed by atoms with E-state index in [1.165, 1.54) is 6.42 Å². The lowest BCUT2D eigenvalue weighted by Crippen LogP contribution is -2.34. The van der Waals surface area contributed by atoms with Crippen molar-refractivity contribution in [2.45, 2.75) is 25.3 Å². The summed E-state index contributed by atoms with van der Waals surface area (Å²) in [5, 5.41) is 3.18. The zero-order valence-electron chi connectivity index (χ0n) is 14.6. The number of rotatable bonds is 5. The molecule has 0 spiro atoms. The van der Waals surface area contributed by atoms with E-state index < -0.39 is 0 Å². The van der Waals surface area contributed by atoms with E-state index in [1.54, 1.807) is 6.20 Å². The maximum absolute atomic E-state index is 4.73. The fourth-order valence-electron chi connectivity index (χ4n) is 3.37. The van der Waals surface area contributed by atoms with E-state index in [0.717, 1.165) is 43.3 Å². The topological polar surface area (TPSA) is 66.8 Å². The van der Waals surface area contributed by atoms with Gasteiger partial charge in [-0.1, -0.05) is 12.1 Å². The molecule has 1 aliphatic heterocycles. The van der Waals surface area contributed by atoms with Crippen LogP contribution in [0, 0.1) is 0 Å². The van der Waals surface area contributed by atoms with E-state index in [4.69, 9.17) is 4.98 Å². The summed E-state index contributed by atoms with van der Waals surface area (Å²) >= 11 is 0. The third-order valence-electron chi connectivity index (χ3n) is 4.62. The zero-order valence-corrected chi connectivity index (χ0v) is 14.6. The van der Waals surface area contributed by atoms with Gasteiger partial charge in [0.2, 0.25) is 5.95 Å². The average Bonchev–Trinajstić information content (AvgIpc) is 2.70. The summed E-state index contributed by atoms with van der Waals surface area (Å²) in [6.45, 7) is 3.00. The number of nitrogens with zero attached hydrogens (tertiary/aromatic N) is 5. The van der Waals surface area contributed by atoms with Crippen molar-refractivity contribution in [2.75, 3.05) is 18.4 Å². The first kappa shape index (κ1) is 16.6. The van der Waals surface area contributed by atoms with Crippen LogP contribution in [0.5, 0.6) is 0 Å². The van der Waals surface area contributed by atoms with Crippen LogP contribution in [-0.2, 0) is 6.54 Å². The summed E-state index contributed by atoms with van der Waals surface area (Å²) in [6, 6.07) is 13.9. The van der Waals surface area contributed by atoms with Crippen LogP contribution in [0.2, 0.25) is 0 Å². The Morgan fingerprint density at radius 2 is 1.85 bits per heavy atom. The van der Waals surface area contributed by atoms with Gasteiger partial charge in [0.15, 0.2) is 0 Å². The van der Waals surface area contributed by atoms with Crippen molar-refractivity contribution in [2.24, 2.45) is 0 Å². The Morgan fingerprint density at radius 1 is 0.962 bits per heavy atom. The van der Waals surface area contributed by atoms with Crippen LogP contribution in [0.4, 0.5) is 11.8 Å². The van der Waals surface area contributed by atoms with Crippen molar-refractivity contribution < 1.29 is 0 Å². The van der Waals surface area contributed by atoms with Gasteiger partial charge in [0.1, 0.15) is 5.82 Å². The van der Waals surface area contributed by atoms with Crippen LogP contribution in [-0.4, -0.2) is 37.9 Å². The second-order valence-corrected chi connectivity index (χ2v) is 6.54. The van der Waals surface area contributed by atoms with Crippen molar-refractivity contribution in [1.82, 2.24) is 24.8 Å². The summed E-state index contributed by atoms with van der Waals surface area (Å²) in [7, 11) is 0. The molecular weight excluding hydrogens is 324 g/mol. The maximum Gasteiger partial charge on any atom is 0.228 e. The highest BCUT2D eigenvalue weighted by Crippen LogP contribution is 2.27. The predicted molar refractivity (Wildman–Crippen MR) is 101 cm³/mol. The van der Waals surface area contributed by atoms with Gasteiger partial charge in [-0.25, -0.2) is 15.0 Å². The average molecular weight is 346 g/mol. The summed E-state index contributed by atoms with van der Waals surface area (Å²) in [5.41, 5.74) is 2.21. The standard InChI is InChI=1S/C20H22N6/c1-3-10-21-17(7-1)15-26-13-5-6-16(14-26)18-9-12-23-20(24-18)25-19-8-2-4-11-22-19/h1-4,7-12,16H,5-6,13-15H2,(H,22,23,24,25)/t16-/m0/s1. The first-order chi connectivity index (χ1) is 12.9. The molecule has 1 atom stereocenters. The quantitative estimate of drug-likeness (QED) is 0.764. The van der Waals surface area contributed by atoms with Gasteiger partial charge in [0.25, 0.3) is 0 Å². The van der Waals surface area contributed by atoms with Crippen LogP contribution in [0.3, 0.4) is 0 Å². The summed E-state index contributed by atoms with van der Waals surface area (Å²) < 4.78 is 0. The molecule has 26 heavy (non-hydrogen) atoms. The Balaban J connectivity index is 1.44. The number of likely N-dealkylation sites (tertiary alicyclic amines) is 1. The fraction of sp³-hybridized carbons (Fsp3) is 0.300. The van der Waals surface area contributed by atoms with Gasteiger partial charge in [0, 0.05) is 37.6 Å². The molecule has 132 valence electrons. The minimum Gasteiger partial charge on any atom is -0.309 e. The Labute approximate surface area is 153 Å². The van der Waals surface area contributed by atoms with Gasteiger partial charge in [-0.3, -0.25) is 9.88 Å². The van der Waals surface area contributed by atoms with Gasteiger partial charge in [-0.2, -0.15) is 0 Å². The molecule has 0 bridgehead atoms. The summed E-state index contributed by atoms with van der Waals surface area (Å²) in [5.74, 6) is 1.77. The van der Waals surface area contributed by atoms with Crippen molar-refractivity contribution in [3.63, 3.8) is 0 Å². The molecule has 0 unspecified atom stereocenters. The molecule has 0 aromatic carbocycles. The smallest absolute Gasteiger partial charge is 0.228 e. The minimum absolute atomic E-state index is 0.416. The molecule has 6 heteroatoms. The van der Waals surface area contributed by atoms with Gasteiger partial charge >= 0.3 is 0 Å². The van der Waals surface area contributed by atoms with Gasteiger partial charge in [0.05, 0.1) is 11.4 Å². The molecular formula is C20H22N6. The van der Waals surface area contributed by atoms with Crippen LogP contribution >= 0.6 is 0 Å². The van der Waals surface area contributed by atoms with Crippen molar-refractivity contribution in [1.29, 1.82) is 0 Å². The zero-order chi connectivity index (χ0) is 17.6. The highest BCUT2D eigenvalue weighted by Gasteiger charge is 2.23. The molecule has 4 heterocycles. The maximum atomic E-state index is 4.73. The number of piperidine rings is 1. The van der Waals surface area contributed by atoms with Crippen LogP contribution < -0.4 is 5.32 Å². The van der Waals surface area contributed by atoms with E-state index >= 15 is 0 Å². The molecule has 0 aliphatic carbocycles. The summed E-state index contributed by atoms with van der Waals surface area (Å²) in [4.78, 5) is 20.2. The Morgan fingerprint density at radius 3 is 2.65 bits per heavy atom. The van der Waals surface area contributed by atoms with E-state index in [1.807, 2.05) is 48.8 Å².